The van der Waals surface area contributed by atoms with Crippen LogP contribution in [0.15, 0.2) is 150 Å². The Balaban J connectivity index is 0.000000183. The Morgan fingerprint density at radius 1 is 0.490 bits per heavy atom. The molecule has 4 aliphatic heterocycles. The van der Waals surface area contributed by atoms with E-state index in [1.54, 1.807) is 34.1 Å². The number of hydrogen-bond donors (Lipinski definition) is 2. The summed E-state index contributed by atoms with van der Waals surface area (Å²) < 4.78 is 83.5. The number of amides is 4. The molecule has 12 rings (SSSR count). The number of carbonyl (C=O) groups excluding carboxylic acids is 4. The molecule has 2 N–H and O–H groups in total. The molecule has 0 unspecified atom stereocenters. The second kappa shape index (κ2) is 31.2. The summed E-state index contributed by atoms with van der Waals surface area (Å²) in [6.45, 7) is 15.0. The van der Waals surface area contributed by atoms with E-state index in [2.05, 4.69) is 25.1 Å². The smallest absolute Gasteiger partial charge is 0.445 e. The number of fused-ring (bicyclic) bond motifs is 2. The van der Waals surface area contributed by atoms with E-state index in [4.69, 9.17) is 29.0 Å². The minimum Gasteiger partial charge on any atom is -0.445 e. The van der Waals surface area contributed by atoms with E-state index in [1.807, 2.05) is 124 Å². The second-order valence-electron chi connectivity index (χ2n) is 27.0. The maximum atomic E-state index is 14.9. The van der Waals surface area contributed by atoms with Gasteiger partial charge in [0.15, 0.2) is 0 Å². The standard InChI is InChI=1S/C37H41F2N3O4.C31H37BrFN3O4.C6H6BFO2/c1-37(2,3)46-35(43)40-20-17-29(18-21-40)42-33-22-28(39)15-16-31(33)32(34(42)26-11-13-27(38)14-12-26)23-30-10-7-19-41(30)36(44)45-24-25-8-5-4-6-9-25;1-31(2,3)40-29(37)34-16-13-23(14-17-34)36-27-18-22(33)11-12-25(27)26(28(36)32)19-24-10-7-15-35(24)30(38)39-20-21-8-5-4-6-9-21;8-6-3-1-5(2-4-6)7(9)10/h4-6,8-9,11-16,22,29-30H,7,10,17-21,23-24H2,1-3H3;4-6,8-9,11-12,18,23-24H,7,10,13-17,19-20H2,1-3H3;1-4,9-10H/t30-;24-;/m00./s1. The molecule has 4 amide bonds. The van der Waals surface area contributed by atoms with Gasteiger partial charge in [-0.2, -0.15) is 0 Å². The molecule has 0 spiro atoms. The summed E-state index contributed by atoms with van der Waals surface area (Å²) >= 11 is 3.86. The van der Waals surface area contributed by atoms with Gasteiger partial charge < -0.3 is 57.7 Å². The van der Waals surface area contributed by atoms with Crippen molar-refractivity contribution in [2.45, 2.75) is 154 Å². The fourth-order valence-corrected chi connectivity index (χ4v) is 14.1. The molecule has 22 heteroatoms. The Morgan fingerprint density at radius 2 is 0.885 bits per heavy atom. The van der Waals surface area contributed by atoms with Crippen LogP contribution in [0.5, 0.6) is 0 Å². The van der Waals surface area contributed by atoms with Gasteiger partial charge in [0.25, 0.3) is 0 Å². The molecule has 96 heavy (non-hydrogen) atoms. The van der Waals surface area contributed by atoms with Gasteiger partial charge in [0, 0.05) is 74.2 Å². The Bertz CT molecular complexity index is 3960. The van der Waals surface area contributed by atoms with E-state index in [9.17, 15) is 36.7 Å². The lowest BCUT2D eigenvalue weighted by atomic mass is 9.80. The van der Waals surface area contributed by atoms with Gasteiger partial charge in [0.1, 0.15) is 47.7 Å². The van der Waals surface area contributed by atoms with Crippen LogP contribution in [0.3, 0.4) is 0 Å². The zero-order valence-electron chi connectivity index (χ0n) is 55.2. The molecule has 0 radical (unpaired) electrons. The molecule has 4 fully saturated rings. The van der Waals surface area contributed by atoms with Crippen LogP contribution in [0.2, 0.25) is 0 Å². The van der Waals surface area contributed by atoms with Crippen molar-refractivity contribution in [1.82, 2.24) is 28.7 Å². The fourth-order valence-electron chi connectivity index (χ4n) is 13.3. The lowest BCUT2D eigenvalue weighted by Crippen LogP contribution is -2.42. The summed E-state index contributed by atoms with van der Waals surface area (Å²) in [5.74, 6) is -1.36. The van der Waals surface area contributed by atoms with Crippen molar-refractivity contribution in [3.8, 4) is 11.3 Å². The molecule has 508 valence electrons. The highest BCUT2D eigenvalue weighted by atomic mass is 79.9. The van der Waals surface area contributed by atoms with Gasteiger partial charge in [-0.05, 0) is 228 Å². The van der Waals surface area contributed by atoms with E-state index in [-0.39, 0.29) is 85.0 Å². The predicted octanol–water partition coefficient (Wildman–Crippen LogP) is 15.5. The highest BCUT2D eigenvalue weighted by Crippen LogP contribution is 2.43. The van der Waals surface area contributed by atoms with Gasteiger partial charge in [-0.3, -0.25) is 0 Å². The summed E-state index contributed by atoms with van der Waals surface area (Å²) in [6.07, 6.45) is 6.13. The van der Waals surface area contributed by atoms with E-state index < -0.39 is 18.3 Å². The van der Waals surface area contributed by atoms with Crippen molar-refractivity contribution in [3.05, 3.63) is 196 Å². The maximum Gasteiger partial charge on any atom is 0.488 e. The molecule has 0 bridgehead atoms. The summed E-state index contributed by atoms with van der Waals surface area (Å²) in [6, 6.07) is 40.4. The van der Waals surface area contributed by atoms with Crippen molar-refractivity contribution >= 4 is 74.7 Å². The second-order valence-corrected chi connectivity index (χ2v) is 27.7. The van der Waals surface area contributed by atoms with Gasteiger partial charge in [0.2, 0.25) is 0 Å². The van der Waals surface area contributed by atoms with E-state index in [0.717, 1.165) is 98.4 Å². The number of likely N-dealkylation sites (tertiary alicyclic amines) is 4. The predicted molar refractivity (Wildman–Crippen MR) is 365 cm³/mol. The third-order valence-electron chi connectivity index (χ3n) is 17.8. The van der Waals surface area contributed by atoms with Crippen LogP contribution in [0.25, 0.3) is 33.1 Å². The van der Waals surface area contributed by atoms with E-state index in [0.29, 0.717) is 70.4 Å². The van der Waals surface area contributed by atoms with Crippen molar-refractivity contribution in [3.63, 3.8) is 0 Å². The monoisotopic (exact) mass is 1380 g/mol. The number of halogens is 5. The van der Waals surface area contributed by atoms with Crippen LogP contribution in [0.1, 0.15) is 127 Å². The van der Waals surface area contributed by atoms with Crippen molar-refractivity contribution in [1.29, 1.82) is 0 Å². The Labute approximate surface area is 566 Å². The van der Waals surface area contributed by atoms with Gasteiger partial charge in [-0.1, -0.05) is 72.8 Å². The molecule has 4 saturated heterocycles. The molecule has 2 aromatic heterocycles. The summed E-state index contributed by atoms with van der Waals surface area (Å²) in [5, 5.41) is 19.0. The van der Waals surface area contributed by atoms with Crippen molar-refractivity contribution in [2.75, 3.05) is 39.3 Å². The first-order valence-corrected chi connectivity index (χ1v) is 33.8. The largest absolute Gasteiger partial charge is 0.488 e. The third-order valence-corrected chi connectivity index (χ3v) is 18.7. The summed E-state index contributed by atoms with van der Waals surface area (Å²) in [7, 11) is -1.51. The van der Waals surface area contributed by atoms with Crippen LogP contribution in [-0.2, 0) is 45.0 Å². The Kier molecular flexibility index (Phi) is 22.9. The zero-order valence-corrected chi connectivity index (χ0v) is 56.8. The minimum atomic E-state index is -1.51. The van der Waals surface area contributed by atoms with Crippen LogP contribution in [0, 0.1) is 23.3 Å². The van der Waals surface area contributed by atoms with Crippen LogP contribution in [0.4, 0.5) is 36.7 Å². The third kappa shape index (κ3) is 17.8. The first-order valence-electron chi connectivity index (χ1n) is 33.0. The van der Waals surface area contributed by atoms with Crippen LogP contribution < -0.4 is 5.46 Å². The van der Waals surface area contributed by atoms with E-state index in [1.165, 1.54) is 48.5 Å². The maximum absolute atomic E-state index is 14.9. The molecule has 6 heterocycles. The summed E-state index contributed by atoms with van der Waals surface area (Å²) in [5.41, 5.74) is 6.39. The first kappa shape index (κ1) is 70.5. The Hall–Kier alpha value is -8.34. The number of aromatic nitrogens is 2. The van der Waals surface area contributed by atoms with E-state index >= 15 is 0 Å². The van der Waals surface area contributed by atoms with Crippen LogP contribution in [-0.4, -0.2) is 133 Å². The van der Waals surface area contributed by atoms with Gasteiger partial charge >= 0.3 is 31.5 Å². The molecule has 8 aromatic rings. The van der Waals surface area contributed by atoms with Crippen molar-refractivity contribution < 1.29 is 65.7 Å². The first-order chi connectivity index (χ1) is 45.9. The molecule has 0 saturated carbocycles. The number of carbonyl (C=O) groups is 4. The average Bonchev–Trinajstić information content (AvgIpc) is 1.59. The molecule has 16 nitrogen and oxygen atoms in total. The topological polar surface area (TPSA) is 168 Å². The van der Waals surface area contributed by atoms with Crippen LogP contribution >= 0.6 is 15.9 Å². The number of piperidine rings is 2. The Morgan fingerprint density at radius 3 is 1.32 bits per heavy atom. The van der Waals surface area contributed by atoms with Gasteiger partial charge in [-0.15, -0.1) is 0 Å². The molecule has 6 aromatic carbocycles. The lowest BCUT2D eigenvalue weighted by Gasteiger charge is -2.35. The molecule has 2 atom stereocenters. The van der Waals surface area contributed by atoms with Crippen molar-refractivity contribution in [2.24, 2.45) is 0 Å². The molecular formula is C74H84BBrF4N6O10. The lowest BCUT2D eigenvalue weighted by molar-refractivity contribution is 0.0179. The number of rotatable bonds is 12. The number of benzene rings is 6. The quantitative estimate of drug-likeness (QED) is 0.0682. The average molecular weight is 1380 g/mol. The van der Waals surface area contributed by atoms with Gasteiger partial charge in [0.05, 0.1) is 21.3 Å². The molecule has 0 aliphatic carbocycles. The molecule has 4 aliphatic rings. The normalized spacial score (nSPS) is 17.0. The van der Waals surface area contributed by atoms with Gasteiger partial charge in [-0.25, -0.2) is 36.7 Å². The zero-order chi connectivity index (χ0) is 68.4. The highest BCUT2D eigenvalue weighted by Gasteiger charge is 2.37. The number of ether oxygens (including phenoxy) is 4. The minimum absolute atomic E-state index is 0.00214. The fraction of sp³-hybridized carbons (Fsp3) is 0.405. The molecular weight excluding hydrogens is 1300 g/mol. The highest BCUT2D eigenvalue weighted by molar-refractivity contribution is 9.10. The summed E-state index contributed by atoms with van der Waals surface area (Å²) in [4.78, 5) is 58.9. The number of nitrogens with zero attached hydrogens (tertiary/aromatic N) is 6. The SMILES string of the molecule is CC(C)(C)OC(=O)N1CCC(n2c(-c3ccc(F)cc3)c(C[C@@H]3CCCN3C(=O)OCc3ccccc3)c3ccc(F)cc32)CC1.CC(C)(C)OC(=O)N1CCC(n2c(Br)c(C[C@@H]3CCCN3C(=O)OCc3ccccc3)c3ccc(F)cc32)CC1.OB(O)c1ccc(F)cc1. The number of hydrogen-bond acceptors (Lipinski definition) is 10.